The summed E-state index contributed by atoms with van der Waals surface area (Å²) in [5.41, 5.74) is 1.29. The van der Waals surface area contributed by atoms with Crippen LogP contribution in [-0.4, -0.2) is 51.7 Å². The zero-order chi connectivity index (χ0) is 22.6. The normalized spacial score (nSPS) is 13.2. The Hall–Kier alpha value is -3.40. The molecule has 2 aromatic carbocycles. The van der Waals surface area contributed by atoms with Gasteiger partial charge < -0.3 is 19.7 Å². The molecule has 0 saturated carbocycles. The van der Waals surface area contributed by atoms with Crippen molar-refractivity contribution in [3.05, 3.63) is 48.0 Å². The number of carbonyl (C=O) groups excluding carboxylic acids is 3. The monoisotopic (exact) mass is 446 g/mol. The molecule has 0 saturated heterocycles. The highest BCUT2D eigenvalue weighted by molar-refractivity contribution is 7.91. The summed E-state index contributed by atoms with van der Waals surface area (Å²) in [4.78, 5) is 37.7. The van der Waals surface area contributed by atoms with E-state index in [2.05, 4.69) is 5.32 Å². The van der Waals surface area contributed by atoms with Crippen LogP contribution in [0.2, 0.25) is 0 Å². The number of hydrogen-bond acceptors (Lipinski definition) is 8. The topological polar surface area (TPSA) is 119 Å². The molecule has 9 nitrogen and oxygen atoms in total. The van der Waals surface area contributed by atoms with Crippen LogP contribution in [-0.2, 0) is 24.2 Å². The number of hydrogen-bond donors (Lipinski definition) is 1. The van der Waals surface area contributed by atoms with Crippen molar-refractivity contribution in [2.45, 2.75) is 18.7 Å². The Kier molecular flexibility index (Phi) is 6.59. The summed E-state index contributed by atoms with van der Waals surface area (Å²) < 4.78 is 34.3. The fourth-order valence-electron chi connectivity index (χ4n) is 3.01. The number of rotatable bonds is 7. The van der Waals surface area contributed by atoms with E-state index in [1.165, 1.54) is 42.2 Å². The van der Waals surface area contributed by atoms with E-state index in [9.17, 15) is 22.8 Å². The molecule has 1 heterocycles. The van der Waals surface area contributed by atoms with Crippen molar-refractivity contribution in [2.24, 2.45) is 0 Å². The Morgan fingerprint density at radius 1 is 1.13 bits per heavy atom. The Morgan fingerprint density at radius 2 is 1.84 bits per heavy atom. The smallest absolute Gasteiger partial charge is 0.338 e. The number of esters is 2. The molecule has 0 aromatic heterocycles. The molecule has 1 amide bonds. The minimum atomic E-state index is -3.47. The molecule has 0 atom stereocenters. The van der Waals surface area contributed by atoms with E-state index in [-0.39, 0.29) is 36.1 Å². The lowest BCUT2D eigenvalue weighted by atomic mass is 10.2. The third kappa shape index (κ3) is 5.21. The number of nitrogens with zero attached hydrogens (tertiary/aromatic N) is 1. The van der Waals surface area contributed by atoms with Gasteiger partial charge in [-0.2, -0.15) is 0 Å². The van der Waals surface area contributed by atoms with Crippen LogP contribution in [0, 0.1) is 0 Å². The molecule has 0 aliphatic carbocycles. The molecular formula is C21H22N2O7S. The average molecular weight is 446 g/mol. The molecule has 0 bridgehead atoms. The van der Waals surface area contributed by atoms with Gasteiger partial charge >= 0.3 is 11.9 Å². The number of carbonyl (C=O) groups is 3. The number of benzene rings is 2. The fourth-order valence-corrected chi connectivity index (χ4v) is 3.91. The van der Waals surface area contributed by atoms with Gasteiger partial charge in [0.2, 0.25) is 5.91 Å². The van der Waals surface area contributed by atoms with Crippen LogP contribution in [0.15, 0.2) is 47.4 Å². The van der Waals surface area contributed by atoms with Gasteiger partial charge in [0.1, 0.15) is 6.54 Å². The van der Waals surface area contributed by atoms with Crippen molar-refractivity contribution in [3.63, 3.8) is 0 Å². The molecule has 10 heteroatoms. The first-order valence-electron chi connectivity index (χ1n) is 9.63. The summed E-state index contributed by atoms with van der Waals surface area (Å²) in [6.45, 7) is 3.20. The lowest BCUT2D eigenvalue weighted by Gasteiger charge is -2.29. The van der Waals surface area contributed by atoms with Gasteiger partial charge in [0.05, 0.1) is 35.1 Å². The van der Waals surface area contributed by atoms with Crippen LogP contribution >= 0.6 is 0 Å². The molecule has 0 fully saturated rings. The Bertz CT molecular complexity index is 1110. The number of amides is 1. The maximum absolute atomic E-state index is 12.5. The quantitative estimate of drug-likeness (QED) is 0.507. The van der Waals surface area contributed by atoms with E-state index in [0.29, 0.717) is 16.9 Å². The maximum atomic E-state index is 12.5. The molecule has 31 heavy (non-hydrogen) atoms. The van der Waals surface area contributed by atoms with E-state index in [1.807, 2.05) is 0 Å². The number of fused-ring (bicyclic) bond motifs is 1. The first kappa shape index (κ1) is 22.3. The number of anilines is 2. The van der Waals surface area contributed by atoms with Crippen molar-refractivity contribution in [3.8, 4) is 5.75 Å². The lowest BCUT2D eigenvalue weighted by Crippen LogP contribution is -2.41. The highest BCUT2D eigenvalue weighted by Crippen LogP contribution is 2.34. The molecular weight excluding hydrogens is 424 g/mol. The van der Waals surface area contributed by atoms with Crippen LogP contribution in [0.5, 0.6) is 5.75 Å². The second kappa shape index (κ2) is 9.17. The zero-order valence-electron chi connectivity index (χ0n) is 17.1. The van der Waals surface area contributed by atoms with Gasteiger partial charge in [-0.05, 0) is 43.3 Å². The van der Waals surface area contributed by atoms with Crippen molar-refractivity contribution in [2.75, 3.05) is 35.7 Å². The number of ether oxygens (including phenoxy) is 2. The second-order valence-corrected chi connectivity index (χ2v) is 8.99. The average Bonchev–Trinajstić information content (AvgIpc) is 2.73. The summed E-state index contributed by atoms with van der Waals surface area (Å²) in [6, 6.07) is 10.5. The molecule has 0 unspecified atom stereocenters. The number of sulfone groups is 1. The molecule has 3 rings (SSSR count). The Labute approximate surface area is 179 Å². The van der Waals surface area contributed by atoms with Gasteiger partial charge in [0, 0.05) is 11.8 Å². The van der Waals surface area contributed by atoms with E-state index in [0.717, 1.165) is 0 Å². The Morgan fingerprint density at radius 3 is 2.48 bits per heavy atom. The summed E-state index contributed by atoms with van der Waals surface area (Å²) >= 11 is 0. The molecule has 0 spiro atoms. The van der Waals surface area contributed by atoms with Crippen LogP contribution in [0.1, 0.15) is 24.2 Å². The Balaban J connectivity index is 1.72. The predicted molar refractivity (Wildman–Crippen MR) is 113 cm³/mol. The van der Waals surface area contributed by atoms with Crippen molar-refractivity contribution < 1.29 is 32.3 Å². The van der Waals surface area contributed by atoms with Crippen LogP contribution in [0.25, 0.3) is 0 Å². The van der Waals surface area contributed by atoms with E-state index >= 15 is 0 Å². The van der Waals surface area contributed by atoms with Gasteiger partial charge in [0.25, 0.3) is 0 Å². The summed E-state index contributed by atoms with van der Waals surface area (Å²) in [5, 5.41) is 2.70. The second-order valence-electron chi connectivity index (χ2n) is 6.71. The van der Waals surface area contributed by atoms with E-state index in [1.54, 1.807) is 19.1 Å². The minimum absolute atomic E-state index is 0.0505. The lowest BCUT2D eigenvalue weighted by molar-refractivity contribution is -0.133. The third-order valence-electron chi connectivity index (χ3n) is 4.57. The minimum Gasteiger partial charge on any atom is -0.462 e. The van der Waals surface area contributed by atoms with Gasteiger partial charge in [-0.25, -0.2) is 18.0 Å². The molecule has 164 valence electrons. The standard InChI is InChI=1S/C21H22N2O7S/c1-3-29-21(26)14-5-7-15(8-6-14)22-19(24)12-23-13-20(25)30-18-11-16(9-10-17(18)23)31(27,28)4-2/h5-11H,3-4,12-13H2,1-2H3,(H,22,24). The molecule has 0 radical (unpaired) electrons. The summed E-state index contributed by atoms with van der Waals surface area (Å²) in [7, 11) is -3.47. The summed E-state index contributed by atoms with van der Waals surface area (Å²) in [6.07, 6.45) is 0. The zero-order valence-corrected chi connectivity index (χ0v) is 17.9. The fraction of sp³-hybridized carbons (Fsp3) is 0.286. The predicted octanol–water partition coefficient (Wildman–Crippen LogP) is 2.02. The van der Waals surface area contributed by atoms with Gasteiger partial charge in [-0.3, -0.25) is 4.79 Å². The number of nitrogens with one attached hydrogen (secondary N) is 1. The molecule has 1 N–H and O–H groups in total. The molecule has 1 aliphatic rings. The van der Waals surface area contributed by atoms with Gasteiger partial charge in [0.15, 0.2) is 15.6 Å². The summed E-state index contributed by atoms with van der Waals surface area (Å²) in [5.74, 6) is -1.42. The van der Waals surface area contributed by atoms with Crippen molar-refractivity contribution in [1.82, 2.24) is 0 Å². The highest BCUT2D eigenvalue weighted by atomic mass is 32.2. The van der Waals surface area contributed by atoms with Gasteiger partial charge in [-0.15, -0.1) is 0 Å². The first-order valence-corrected chi connectivity index (χ1v) is 11.3. The van der Waals surface area contributed by atoms with Crippen LogP contribution < -0.4 is 15.0 Å². The molecule has 1 aliphatic heterocycles. The van der Waals surface area contributed by atoms with Crippen molar-refractivity contribution in [1.29, 1.82) is 0 Å². The van der Waals surface area contributed by atoms with E-state index < -0.39 is 27.7 Å². The van der Waals surface area contributed by atoms with Crippen molar-refractivity contribution >= 4 is 39.1 Å². The highest BCUT2D eigenvalue weighted by Gasteiger charge is 2.27. The van der Waals surface area contributed by atoms with Crippen LogP contribution in [0.4, 0.5) is 11.4 Å². The van der Waals surface area contributed by atoms with Gasteiger partial charge in [-0.1, -0.05) is 6.92 Å². The largest absolute Gasteiger partial charge is 0.462 e. The van der Waals surface area contributed by atoms with Crippen LogP contribution in [0.3, 0.4) is 0 Å². The molecule has 2 aromatic rings. The SMILES string of the molecule is CCOC(=O)c1ccc(NC(=O)CN2CC(=O)Oc3cc(S(=O)(=O)CC)ccc32)cc1. The maximum Gasteiger partial charge on any atom is 0.338 e. The first-order chi connectivity index (χ1) is 14.7. The third-order valence-corrected chi connectivity index (χ3v) is 6.30. The van der Waals surface area contributed by atoms with E-state index in [4.69, 9.17) is 9.47 Å².